The molecular formula is C16H14F4O. The molecule has 0 N–H and O–H groups in total. The third-order valence-corrected chi connectivity index (χ3v) is 2.99. The van der Waals surface area contributed by atoms with Gasteiger partial charge in [-0.3, -0.25) is 0 Å². The lowest BCUT2D eigenvalue weighted by Gasteiger charge is -2.09. The van der Waals surface area contributed by atoms with Crippen LogP contribution in [0.1, 0.15) is 16.7 Å². The zero-order valence-electron chi connectivity index (χ0n) is 11.2. The average Bonchev–Trinajstić information content (AvgIpc) is 2.43. The van der Waals surface area contributed by atoms with Crippen LogP contribution in [0.2, 0.25) is 0 Å². The summed E-state index contributed by atoms with van der Waals surface area (Å²) in [6, 6.07) is 12.5. The number of alkyl halides is 3. The van der Waals surface area contributed by atoms with E-state index in [2.05, 4.69) is 0 Å². The fourth-order valence-corrected chi connectivity index (χ4v) is 1.90. The normalized spacial score (nSPS) is 11.6. The van der Waals surface area contributed by atoms with Crippen molar-refractivity contribution < 1.29 is 22.3 Å². The molecule has 0 amide bonds. The zero-order chi connectivity index (χ0) is 15.3. The van der Waals surface area contributed by atoms with E-state index >= 15 is 0 Å². The van der Waals surface area contributed by atoms with E-state index < -0.39 is 17.6 Å². The molecule has 0 saturated heterocycles. The van der Waals surface area contributed by atoms with Gasteiger partial charge >= 0.3 is 6.18 Å². The molecule has 0 aromatic heterocycles. The third kappa shape index (κ3) is 4.56. The van der Waals surface area contributed by atoms with Crippen molar-refractivity contribution in [1.29, 1.82) is 0 Å². The predicted molar refractivity (Wildman–Crippen MR) is 71.2 cm³/mol. The summed E-state index contributed by atoms with van der Waals surface area (Å²) >= 11 is 0. The van der Waals surface area contributed by atoms with Gasteiger partial charge in [0.25, 0.3) is 0 Å². The molecule has 5 heteroatoms. The molecule has 0 aliphatic heterocycles. The highest BCUT2D eigenvalue weighted by molar-refractivity contribution is 5.26. The van der Waals surface area contributed by atoms with Gasteiger partial charge in [-0.1, -0.05) is 36.4 Å². The van der Waals surface area contributed by atoms with Crippen molar-refractivity contribution in [1.82, 2.24) is 0 Å². The smallest absolute Gasteiger partial charge is 0.376 e. The van der Waals surface area contributed by atoms with Crippen LogP contribution in [0, 0.1) is 5.82 Å². The fourth-order valence-electron chi connectivity index (χ4n) is 1.90. The van der Waals surface area contributed by atoms with Gasteiger partial charge in [0.2, 0.25) is 0 Å². The van der Waals surface area contributed by atoms with Gasteiger partial charge in [0.05, 0.1) is 18.8 Å². The fraction of sp³-hybridized carbons (Fsp3) is 0.250. The van der Waals surface area contributed by atoms with Crippen LogP contribution in [-0.2, 0) is 23.9 Å². The van der Waals surface area contributed by atoms with Crippen molar-refractivity contribution >= 4 is 0 Å². The SMILES string of the molecule is Fc1cc(CCOCc2ccccc2)ccc1C(F)(F)F. The predicted octanol–water partition coefficient (Wildman–Crippen LogP) is 4.60. The first-order valence-corrected chi connectivity index (χ1v) is 6.44. The molecule has 0 aliphatic carbocycles. The van der Waals surface area contributed by atoms with Crippen LogP contribution >= 0.6 is 0 Å². The minimum atomic E-state index is -4.66. The Morgan fingerprint density at radius 1 is 0.905 bits per heavy atom. The lowest BCUT2D eigenvalue weighted by atomic mass is 10.1. The highest BCUT2D eigenvalue weighted by atomic mass is 19.4. The van der Waals surface area contributed by atoms with E-state index in [1.807, 2.05) is 30.3 Å². The molecule has 0 atom stereocenters. The van der Waals surface area contributed by atoms with E-state index in [-0.39, 0.29) is 0 Å². The second-order valence-corrected chi connectivity index (χ2v) is 4.60. The van der Waals surface area contributed by atoms with Crippen LogP contribution in [0.3, 0.4) is 0 Å². The van der Waals surface area contributed by atoms with Gasteiger partial charge in [0.1, 0.15) is 5.82 Å². The van der Waals surface area contributed by atoms with Crippen molar-refractivity contribution in [3.05, 3.63) is 71.0 Å². The summed E-state index contributed by atoms with van der Waals surface area (Å²) in [6.07, 6.45) is -4.30. The van der Waals surface area contributed by atoms with Gasteiger partial charge in [-0.05, 0) is 29.7 Å². The summed E-state index contributed by atoms with van der Waals surface area (Å²) in [4.78, 5) is 0. The van der Waals surface area contributed by atoms with Crippen LogP contribution in [0.15, 0.2) is 48.5 Å². The maximum Gasteiger partial charge on any atom is 0.419 e. The molecule has 0 fully saturated rings. The van der Waals surface area contributed by atoms with Crippen molar-refractivity contribution in [2.45, 2.75) is 19.2 Å². The molecule has 0 heterocycles. The maximum absolute atomic E-state index is 13.4. The Labute approximate surface area is 120 Å². The monoisotopic (exact) mass is 298 g/mol. The average molecular weight is 298 g/mol. The van der Waals surface area contributed by atoms with Gasteiger partial charge < -0.3 is 4.74 Å². The zero-order valence-corrected chi connectivity index (χ0v) is 11.2. The largest absolute Gasteiger partial charge is 0.419 e. The quantitative estimate of drug-likeness (QED) is 0.579. The number of benzene rings is 2. The van der Waals surface area contributed by atoms with Gasteiger partial charge in [0.15, 0.2) is 0 Å². The van der Waals surface area contributed by atoms with E-state index in [4.69, 9.17) is 4.74 Å². The molecule has 0 spiro atoms. The van der Waals surface area contributed by atoms with Crippen LogP contribution in [0.4, 0.5) is 17.6 Å². The number of hydrogen-bond acceptors (Lipinski definition) is 1. The first kappa shape index (κ1) is 15.5. The number of rotatable bonds is 5. The van der Waals surface area contributed by atoms with Crippen molar-refractivity contribution in [3.63, 3.8) is 0 Å². The van der Waals surface area contributed by atoms with Crippen LogP contribution in [0.25, 0.3) is 0 Å². The third-order valence-electron chi connectivity index (χ3n) is 2.99. The lowest BCUT2D eigenvalue weighted by Crippen LogP contribution is -2.09. The number of halogens is 4. The van der Waals surface area contributed by atoms with Crippen LogP contribution in [0.5, 0.6) is 0 Å². The Hall–Kier alpha value is -1.88. The Bertz CT molecular complexity index is 579. The summed E-state index contributed by atoms with van der Waals surface area (Å²) in [6.45, 7) is 0.740. The Morgan fingerprint density at radius 3 is 2.24 bits per heavy atom. The van der Waals surface area contributed by atoms with Crippen molar-refractivity contribution in [3.8, 4) is 0 Å². The molecule has 112 valence electrons. The molecule has 0 saturated carbocycles. The topological polar surface area (TPSA) is 9.23 Å². The Kier molecular flexibility index (Phi) is 4.96. The van der Waals surface area contributed by atoms with E-state index in [1.54, 1.807) is 0 Å². The van der Waals surface area contributed by atoms with Crippen LogP contribution in [-0.4, -0.2) is 6.61 Å². The number of ether oxygens (including phenoxy) is 1. The molecule has 2 aromatic rings. The minimum absolute atomic E-state index is 0.319. The van der Waals surface area contributed by atoms with E-state index in [0.717, 1.165) is 17.7 Å². The second-order valence-electron chi connectivity index (χ2n) is 4.60. The van der Waals surface area contributed by atoms with E-state index in [9.17, 15) is 17.6 Å². The molecule has 0 aliphatic rings. The second kappa shape index (κ2) is 6.72. The van der Waals surface area contributed by atoms with Gasteiger partial charge in [-0.15, -0.1) is 0 Å². The summed E-state index contributed by atoms with van der Waals surface area (Å²) < 4.78 is 56.0. The summed E-state index contributed by atoms with van der Waals surface area (Å²) in [7, 11) is 0. The minimum Gasteiger partial charge on any atom is -0.376 e. The standard InChI is InChI=1S/C16H14F4O/c17-15-10-12(6-7-14(15)16(18,19)20)8-9-21-11-13-4-2-1-3-5-13/h1-7,10H,8-9,11H2. The molecule has 21 heavy (non-hydrogen) atoms. The number of hydrogen-bond donors (Lipinski definition) is 0. The Balaban J connectivity index is 1.85. The lowest BCUT2D eigenvalue weighted by molar-refractivity contribution is -0.140. The highest BCUT2D eigenvalue weighted by Crippen LogP contribution is 2.31. The molecule has 0 unspecified atom stereocenters. The first-order chi connectivity index (χ1) is 9.97. The van der Waals surface area contributed by atoms with Crippen molar-refractivity contribution in [2.24, 2.45) is 0 Å². The Morgan fingerprint density at radius 2 is 1.62 bits per heavy atom. The summed E-state index contributed by atoms with van der Waals surface area (Å²) in [5, 5.41) is 0. The summed E-state index contributed by atoms with van der Waals surface area (Å²) in [5.74, 6) is -1.25. The first-order valence-electron chi connectivity index (χ1n) is 6.44. The molecule has 2 aromatic carbocycles. The van der Waals surface area contributed by atoms with Crippen LogP contribution < -0.4 is 0 Å². The maximum atomic E-state index is 13.4. The molecule has 0 radical (unpaired) electrons. The highest BCUT2D eigenvalue weighted by Gasteiger charge is 2.33. The molecule has 1 nitrogen and oxygen atoms in total. The van der Waals surface area contributed by atoms with E-state index in [1.165, 1.54) is 6.07 Å². The van der Waals surface area contributed by atoms with Gasteiger partial charge in [-0.2, -0.15) is 13.2 Å². The van der Waals surface area contributed by atoms with Crippen molar-refractivity contribution in [2.75, 3.05) is 6.61 Å². The molecule has 0 bridgehead atoms. The summed E-state index contributed by atoms with van der Waals surface area (Å²) in [5.41, 5.74) is 0.251. The van der Waals surface area contributed by atoms with Gasteiger partial charge in [-0.25, -0.2) is 4.39 Å². The van der Waals surface area contributed by atoms with Gasteiger partial charge in [0, 0.05) is 0 Å². The molecular weight excluding hydrogens is 284 g/mol. The van der Waals surface area contributed by atoms with E-state index in [0.29, 0.717) is 25.2 Å². The molecule has 2 rings (SSSR count).